The molecule has 0 bridgehead atoms. The number of esters is 2. The summed E-state index contributed by atoms with van der Waals surface area (Å²) in [7, 11) is 0. The zero-order valence-electron chi connectivity index (χ0n) is 19.8. The average molecular weight is 548 g/mol. The van der Waals surface area contributed by atoms with Gasteiger partial charge in [-0.1, -0.05) is 6.58 Å². The first-order valence-electron chi connectivity index (χ1n) is 10.2. The molecule has 0 heterocycles. The first-order valence-corrected chi connectivity index (χ1v) is 10.2. The Balaban J connectivity index is 2.57. The van der Waals surface area contributed by atoms with Crippen molar-refractivity contribution in [2.24, 2.45) is 0 Å². The third kappa shape index (κ3) is 10.4. The van der Waals surface area contributed by atoms with Crippen LogP contribution in [-0.4, -0.2) is 68.1 Å². The van der Waals surface area contributed by atoms with Crippen molar-refractivity contribution < 1.29 is 68.8 Å². The van der Waals surface area contributed by atoms with Gasteiger partial charge in [-0.3, -0.25) is 4.79 Å². The Kier molecular flexibility index (Phi) is 10.6. The first kappa shape index (κ1) is 31.8. The molecule has 0 radical (unpaired) electrons. The number of alkyl halides is 7. The topological polar surface area (TPSA) is 97.4 Å². The fourth-order valence-corrected chi connectivity index (χ4v) is 2.36. The summed E-state index contributed by atoms with van der Waals surface area (Å²) in [5.74, 6) is -2.40. The molecule has 37 heavy (non-hydrogen) atoms. The summed E-state index contributed by atoms with van der Waals surface area (Å²) in [6, 6.07) is 5.44. The van der Waals surface area contributed by atoms with Crippen LogP contribution in [-0.2, 0) is 28.5 Å². The molecule has 0 saturated heterocycles. The van der Waals surface area contributed by atoms with Crippen molar-refractivity contribution in [3.8, 4) is 5.75 Å². The Hall–Kier alpha value is -3.20. The maximum absolute atomic E-state index is 13.2. The van der Waals surface area contributed by atoms with Crippen molar-refractivity contribution >= 4 is 17.7 Å². The van der Waals surface area contributed by atoms with Crippen LogP contribution in [0, 0.1) is 0 Å². The normalized spacial score (nSPS) is 12.6. The third-order valence-corrected chi connectivity index (χ3v) is 4.06. The quantitative estimate of drug-likeness (QED) is 0.111. The Bertz CT molecular complexity index is 972. The molecule has 0 saturated carbocycles. The smallest absolute Gasteiger partial charge is 0.483 e. The molecule has 0 amide bonds. The molecule has 0 aliphatic carbocycles. The Morgan fingerprint density at radius 1 is 0.919 bits per heavy atom. The van der Waals surface area contributed by atoms with Crippen LogP contribution < -0.4 is 4.74 Å². The first-order chi connectivity index (χ1) is 16.8. The molecule has 0 atom stereocenters. The van der Waals surface area contributed by atoms with Crippen LogP contribution in [0.5, 0.6) is 5.75 Å². The zero-order valence-corrected chi connectivity index (χ0v) is 19.8. The van der Waals surface area contributed by atoms with E-state index in [0.717, 1.165) is 13.8 Å². The van der Waals surface area contributed by atoms with Crippen LogP contribution in [0.1, 0.15) is 31.1 Å². The van der Waals surface area contributed by atoms with Gasteiger partial charge in [-0.15, -0.1) is 0 Å². The third-order valence-electron chi connectivity index (χ3n) is 4.06. The Labute approximate surface area is 206 Å². The largest absolute Gasteiger partial charge is 0.490 e. The predicted molar refractivity (Wildman–Crippen MR) is 110 cm³/mol. The van der Waals surface area contributed by atoms with E-state index in [1.807, 2.05) is 0 Å². The number of carbonyl (C=O) groups is 3. The minimum Gasteiger partial charge on any atom is -0.490 e. The van der Waals surface area contributed by atoms with Crippen LogP contribution in [0.4, 0.5) is 30.7 Å². The number of Topliss-reactive ketones (excluding diaryl/α,β-unsaturated/α-hetero) is 1. The van der Waals surface area contributed by atoms with Gasteiger partial charge in [0.15, 0.2) is 5.60 Å². The molecule has 0 N–H and O–H groups in total. The second kappa shape index (κ2) is 12.4. The number of hydrogen-bond donors (Lipinski definition) is 0. The van der Waals surface area contributed by atoms with Crippen molar-refractivity contribution in [2.45, 2.75) is 44.8 Å². The van der Waals surface area contributed by atoms with Crippen LogP contribution in [0.3, 0.4) is 0 Å². The van der Waals surface area contributed by atoms with Crippen LogP contribution >= 0.6 is 0 Å². The van der Waals surface area contributed by atoms with Crippen molar-refractivity contribution in [2.75, 3.05) is 26.4 Å². The highest BCUT2D eigenvalue weighted by Crippen LogP contribution is 2.40. The van der Waals surface area contributed by atoms with Crippen molar-refractivity contribution in [3.63, 3.8) is 0 Å². The molecule has 8 nitrogen and oxygen atoms in total. The lowest BCUT2D eigenvalue weighted by Gasteiger charge is -2.25. The molecule has 1 rings (SSSR count). The SMILES string of the molecule is C=C(C)C(=O)OCCOc1ccc(C(=O)C(C)(C)OC(=O)COCC(F)(F)OC(F)(F)C(F)(F)F)cc1. The minimum atomic E-state index is -6.40. The summed E-state index contributed by atoms with van der Waals surface area (Å²) in [6.45, 7) is 3.73. The minimum absolute atomic E-state index is 0.00729. The maximum Gasteiger partial charge on any atom is 0.483 e. The monoisotopic (exact) mass is 548 g/mol. The molecule has 0 unspecified atom stereocenters. The van der Waals surface area contributed by atoms with Gasteiger partial charge in [0.1, 0.15) is 32.2 Å². The van der Waals surface area contributed by atoms with Gasteiger partial charge in [-0.25, -0.2) is 14.3 Å². The van der Waals surface area contributed by atoms with E-state index in [-0.39, 0.29) is 24.4 Å². The number of benzene rings is 1. The number of ether oxygens (including phenoxy) is 5. The van der Waals surface area contributed by atoms with E-state index in [9.17, 15) is 45.1 Å². The van der Waals surface area contributed by atoms with Gasteiger partial charge in [0, 0.05) is 11.1 Å². The summed E-state index contributed by atoms with van der Waals surface area (Å²) in [6.07, 6.45) is -17.7. The Morgan fingerprint density at radius 3 is 2.00 bits per heavy atom. The van der Waals surface area contributed by atoms with Crippen molar-refractivity contribution in [3.05, 3.63) is 42.0 Å². The van der Waals surface area contributed by atoms with Crippen LogP contribution in [0.15, 0.2) is 36.4 Å². The number of hydrogen-bond acceptors (Lipinski definition) is 8. The number of rotatable bonds is 14. The Morgan fingerprint density at radius 2 is 1.49 bits per heavy atom. The molecule has 1 aromatic rings. The van der Waals surface area contributed by atoms with Crippen LogP contribution in [0.2, 0.25) is 0 Å². The summed E-state index contributed by atoms with van der Waals surface area (Å²) in [5.41, 5.74) is -1.58. The summed E-state index contributed by atoms with van der Waals surface area (Å²) in [5, 5.41) is 0. The van der Waals surface area contributed by atoms with E-state index in [2.05, 4.69) is 16.1 Å². The van der Waals surface area contributed by atoms with E-state index in [1.165, 1.54) is 31.2 Å². The van der Waals surface area contributed by atoms with E-state index in [4.69, 9.17) is 14.2 Å². The van der Waals surface area contributed by atoms with E-state index in [1.54, 1.807) is 0 Å². The fourth-order valence-electron chi connectivity index (χ4n) is 2.36. The zero-order chi connectivity index (χ0) is 28.7. The summed E-state index contributed by atoms with van der Waals surface area (Å²) in [4.78, 5) is 35.7. The lowest BCUT2D eigenvalue weighted by molar-refractivity contribution is -0.460. The highest BCUT2D eigenvalue weighted by molar-refractivity contribution is 6.03. The van der Waals surface area contributed by atoms with E-state index >= 15 is 0 Å². The number of ketones is 1. The fraction of sp³-hybridized carbons (Fsp3) is 0.500. The molecule has 0 fully saturated rings. The predicted octanol–water partition coefficient (Wildman–Crippen LogP) is 4.47. The molecule has 1 aromatic carbocycles. The lowest BCUT2D eigenvalue weighted by atomic mass is 9.96. The van der Waals surface area contributed by atoms with E-state index < -0.39 is 54.9 Å². The maximum atomic E-state index is 13.2. The van der Waals surface area contributed by atoms with Gasteiger partial charge in [0.25, 0.3) is 0 Å². The molecular weight excluding hydrogens is 525 g/mol. The molecular formula is C22H23F7O8. The molecule has 0 aliphatic heterocycles. The standard InChI is InChI=1S/C22H23F7O8/c1-13(2)18(32)35-10-9-34-15-7-5-14(6-8-15)17(31)19(3,4)36-16(30)11-33-12-20(23,24)37-22(28,29)21(25,26)27/h5-8H,1,9-12H2,2-4H3. The number of carbonyl (C=O) groups excluding carboxylic acids is 3. The molecule has 15 heteroatoms. The van der Waals surface area contributed by atoms with Crippen molar-refractivity contribution in [1.82, 2.24) is 0 Å². The van der Waals surface area contributed by atoms with Gasteiger partial charge in [-0.2, -0.15) is 30.7 Å². The second-order valence-corrected chi connectivity index (χ2v) is 7.85. The van der Waals surface area contributed by atoms with E-state index in [0.29, 0.717) is 5.75 Å². The average Bonchev–Trinajstić information content (AvgIpc) is 2.74. The van der Waals surface area contributed by atoms with Crippen molar-refractivity contribution in [1.29, 1.82) is 0 Å². The van der Waals surface area contributed by atoms with Gasteiger partial charge in [0.2, 0.25) is 5.78 Å². The number of halogens is 7. The molecule has 0 spiro atoms. The highest BCUT2D eigenvalue weighted by Gasteiger charge is 2.63. The second-order valence-electron chi connectivity index (χ2n) is 7.85. The molecule has 208 valence electrons. The summed E-state index contributed by atoms with van der Waals surface area (Å²) < 4.78 is 109. The molecule has 0 aliphatic rings. The summed E-state index contributed by atoms with van der Waals surface area (Å²) >= 11 is 0. The van der Waals surface area contributed by atoms with Gasteiger partial charge < -0.3 is 18.9 Å². The van der Waals surface area contributed by atoms with Gasteiger partial charge in [0.05, 0.1) is 0 Å². The van der Waals surface area contributed by atoms with Crippen LogP contribution in [0.25, 0.3) is 0 Å². The van der Waals surface area contributed by atoms with Gasteiger partial charge in [-0.05, 0) is 45.0 Å². The van der Waals surface area contributed by atoms with Gasteiger partial charge >= 0.3 is 30.3 Å². The lowest BCUT2D eigenvalue weighted by Crippen LogP contribution is -2.46. The molecule has 0 aromatic heterocycles. The highest BCUT2D eigenvalue weighted by atomic mass is 19.4.